The van der Waals surface area contributed by atoms with Crippen LogP contribution in [-0.2, 0) is 22.6 Å². The molecule has 1 saturated carbocycles. The molecule has 3 heterocycles. The average molecular weight is 344 g/mol. The quantitative estimate of drug-likeness (QED) is 0.805. The fourth-order valence-corrected chi connectivity index (χ4v) is 4.56. The van der Waals surface area contributed by atoms with Gasteiger partial charge in [0.1, 0.15) is 0 Å². The van der Waals surface area contributed by atoms with Crippen molar-refractivity contribution in [2.45, 2.75) is 38.1 Å². The molecule has 1 aliphatic carbocycles. The molecule has 24 heavy (non-hydrogen) atoms. The lowest BCUT2D eigenvalue weighted by molar-refractivity contribution is -0.0590. The second-order valence-corrected chi connectivity index (χ2v) is 7.57. The average Bonchev–Trinajstić information content (AvgIpc) is 3.26. The van der Waals surface area contributed by atoms with E-state index < -0.39 is 0 Å². The Kier molecular flexibility index (Phi) is 5.23. The first kappa shape index (κ1) is 16.2. The van der Waals surface area contributed by atoms with E-state index in [1.54, 1.807) is 17.5 Å². The molecule has 2 aromatic heterocycles. The van der Waals surface area contributed by atoms with Gasteiger partial charge in [0, 0.05) is 38.1 Å². The molecule has 4 nitrogen and oxygen atoms in total. The predicted octanol–water partition coefficient (Wildman–Crippen LogP) is 3.34. The van der Waals surface area contributed by atoms with E-state index in [1.807, 2.05) is 12.3 Å². The summed E-state index contributed by atoms with van der Waals surface area (Å²) < 4.78 is 12.0. The Morgan fingerprint density at radius 3 is 3.12 bits per heavy atom. The van der Waals surface area contributed by atoms with E-state index in [1.165, 1.54) is 12.0 Å². The molecule has 3 atom stereocenters. The second-order valence-electron chi connectivity index (χ2n) is 6.79. The fourth-order valence-electron chi connectivity index (χ4n) is 3.90. The lowest BCUT2D eigenvalue weighted by atomic mass is 10.1. The highest BCUT2D eigenvalue weighted by molar-refractivity contribution is 7.07. The van der Waals surface area contributed by atoms with Gasteiger partial charge < -0.3 is 9.47 Å². The maximum Gasteiger partial charge on any atom is 0.0734 e. The van der Waals surface area contributed by atoms with Crippen molar-refractivity contribution in [2.24, 2.45) is 5.92 Å². The molecule has 0 spiro atoms. The van der Waals surface area contributed by atoms with Crippen LogP contribution in [0, 0.1) is 5.92 Å². The lowest BCUT2D eigenvalue weighted by Crippen LogP contribution is -2.47. The van der Waals surface area contributed by atoms with Crippen molar-refractivity contribution < 1.29 is 9.47 Å². The number of rotatable bonds is 6. The Labute approximate surface area is 147 Å². The van der Waals surface area contributed by atoms with Crippen molar-refractivity contribution in [3.05, 3.63) is 52.5 Å². The predicted molar refractivity (Wildman–Crippen MR) is 94.9 cm³/mol. The van der Waals surface area contributed by atoms with Crippen LogP contribution >= 0.6 is 11.3 Å². The van der Waals surface area contributed by atoms with Gasteiger partial charge in [-0.25, -0.2) is 0 Å². The van der Waals surface area contributed by atoms with Gasteiger partial charge in [0.2, 0.25) is 0 Å². The highest BCUT2D eigenvalue weighted by Crippen LogP contribution is 2.35. The van der Waals surface area contributed by atoms with Gasteiger partial charge in [-0.1, -0.05) is 6.07 Å². The van der Waals surface area contributed by atoms with Gasteiger partial charge in [0.25, 0.3) is 0 Å². The number of thiophene rings is 1. The molecule has 2 aromatic rings. The summed E-state index contributed by atoms with van der Waals surface area (Å²) in [7, 11) is 0. The molecule has 0 N–H and O–H groups in total. The van der Waals surface area contributed by atoms with Crippen LogP contribution in [0.5, 0.6) is 0 Å². The Morgan fingerprint density at radius 1 is 1.29 bits per heavy atom. The van der Waals surface area contributed by atoms with E-state index in [9.17, 15) is 0 Å². The molecular weight excluding hydrogens is 320 g/mol. The van der Waals surface area contributed by atoms with Crippen LogP contribution in [0.15, 0.2) is 41.4 Å². The first-order valence-electron chi connectivity index (χ1n) is 8.72. The monoisotopic (exact) mass is 344 g/mol. The van der Waals surface area contributed by atoms with Crippen LogP contribution < -0.4 is 0 Å². The van der Waals surface area contributed by atoms with Crippen molar-refractivity contribution in [3.8, 4) is 0 Å². The minimum Gasteiger partial charge on any atom is -0.376 e. The molecule has 1 aliphatic heterocycles. The normalized spacial score (nSPS) is 27.2. The van der Waals surface area contributed by atoms with Crippen LogP contribution in [0.4, 0.5) is 0 Å². The van der Waals surface area contributed by atoms with Crippen molar-refractivity contribution in [3.63, 3.8) is 0 Å². The molecule has 0 radical (unpaired) electrons. The highest BCUT2D eigenvalue weighted by Gasteiger charge is 2.40. The molecule has 0 bridgehead atoms. The van der Waals surface area contributed by atoms with E-state index in [0.717, 1.165) is 38.3 Å². The Bertz CT molecular complexity index is 620. The number of aromatic nitrogens is 1. The van der Waals surface area contributed by atoms with Gasteiger partial charge in [-0.15, -0.1) is 0 Å². The SMILES string of the molecule is c1cncc(COC[C@H]2C[C@@H]3OCCN(Cc4ccsc4)[C@H]3C2)c1. The molecule has 128 valence electrons. The molecule has 1 saturated heterocycles. The summed E-state index contributed by atoms with van der Waals surface area (Å²) in [6.07, 6.45) is 6.36. The van der Waals surface area contributed by atoms with Gasteiger partial charge in [-0.05, 0) is 52.8 Å². The molecule has 5 heteroatoms. The number of hydrogen-bond donors (Lipinski definition) is 0. The number of pyridine rings is 1. The van der Waals surface area contributed by atoms with Crippen molar-refractivity contribution in [2.75, 3.05) is 19.8 Å². The number of hydrogen-bond acceptors (Lipinski definition) is 5. The Balaban J connectivity index is 1.29. The van der Waals surface area contributed by atoms with E-state index in [0.29, 0.717) is 24.7 Å². The van der Waals surface area contributed by atoms with Crippen LogP contribution in [-0.4, -0.2) is 41.8 Å². The summed E-state index contributed by atoms with van der Waals surface area (Å²) in [4.78, 5) is 6.74. The van der Waals surface area contributed by atoms with Crippen LogP contribution in [0.2, 0.25) is 0 Å². The molecule has 4 rings (SSSR count). The summed E-state index contributed by atoms with van der Waals surface area (Å²) in [5.74, 6) is 0.597. The molecule has 2 aliphatic rings. The van der Waals surface area contributed by atoms with Crippen LogP contribution in [0.1, 0.15) is 24.0 Å². The second kappa shape index (κ2) is 7.74. The van der Waals surface area contributed by atoms with E-state index in [4.69, 9.17) is 9.47 Å². The zero-order valence-corrected chi connectivity index (χ0v) is 14.7. The topological polar surface area (TPSA) is 34.6 Å². The van der Waals surface area contributed by atoms with Crippen molar-refractivity contribution >= 4 is 11.3 Å². The van der Waals surface area contributed by atoms with Gasteiger partial charge in [-0.2, -0.15) is 11.3 Å². The Morgan fingerprint density at radius 2 is 2.29 bits per heavy atom. The first-order valence-corrected chi connectivity index (χ1v) is 9.66. The third kappa shape index (κ3) is 3.86. The molecule has 0 amide bonds. The third-order valence-corrected chi connectivity index (χ3v) is 5.79. The van der Waals surface area contributed by atoms with Crippen LogP contribution in [0.25, 0.3) is 0 Å². The molecule has 2 fully saturated rings. The van der Waals surface area contributed by atoms with E-state index >= 15 is 0 Å². The molecule has 0 unspecified atom stereocenters. The molecular formula is C19H24N2O2S. The highest BCUT2D eigenvalue weighted by atomic mass is 32.1. The van der Waals surface area contributed by atoms with Crippen LogP contribution in [0.3, 0.4) is 0 Å². The minimum atomic E-state index is 0.379. The van der Waals surface area contributed by atoms with Crippen molar-refractivity contribution in [1.29, 1.82) is 0 Å². The third-order valence-electron chi connectivity index (χ3n) is 5.06. The number of morpholine rings is 1. The lowest BCUT2D eigenvalue weighted by Gasteiger charge is -2.37. The molecule has 0 aromatic carbocycles. The maximum atomic E-state index is 6.04. The summed E-state index contributed by atoms with van der Waals surface area (Å²) in [5.41, 5.74) is 2.57. The number of nitrogens with zero attached hydrogens (tertiary/aromatic N) is 2. The maximum absolute atomic E-state index is 6.04. The zero-order chi connectivity index (χ0) is 16.2. The largest absolute Gasteiger partial charge is 0.376 e. The van der Waals surface area contributed by atoms with Crippen molar-refractivity contribution in [1.82, 2.24) is 9.88 Å². The summed E-state index contributed by atoms with van der Waals surface area (Å²) in [6, 6.07) is 6.80. The smallest absolute Gasteiger partial charge is 0.0734 e. The van der Waals surface area contributed by atoms with E-state index in [-0.39, 0.29) is 0 Å². The summed E-state index contributed by atoms with van der Waals surface area (Å²) in [6.45, 7) is 4.42. The Hall–Kier alpha value is -1.27. The zero-order valence-electron chi connectivity index (χ0n) is 13.8. The fraction of sp³-hybridized carbons (Fsp3) is 0.526. The summed E-state index contributed by atoms with van der Waals surface area (Å²) in [5, 5.41) is 4.42. The first-order chi connectivity index (χ1) is 11.9. The number of ether oxygens (including phenoxy) is 2. The van der Waals surface area contributed by atoms with E-state index in [2.05, 4.69) is 32.8 Å². The van der Waals surface area contributed by atoms with Gasteiger partial charge >= 0.3 is 0 Å². The van der Waals surface area contributed by atoms with Gasteiger partial charge in [-0.3, -0.25) is 9.88 Å². The number of fused-ring (bicyclic) bond motifs is 1. The summed E-state index contributed by atoms with van der Waals surface area (Å²) >= 11 is 1.78. The standard InChI is InChI=1S/C19H24N2O2S/c1-2-15(10-20-4-1)12-22-13-17-8-18-19(9-17)23-6-5-21(18)11-16-3-7-24-14-16/h1-4,7,10,14,17-19H,5-6,8-9,11-13H2/t17-,18+,19+/m1/s1. The minimum absolute atomic E-state index is 0.379. The van der Waals surface area contributed by atoms with Gasteiger partial charge in [0.15, 0.2) is 0 Å². The van der Waals surface area contributed by atoms with Gasteiger partial charge in [0.05, 0.1) is 19.3 Å².